The maximum atomic E-state index is 6.05. The molecule has 1 aliphatic heterocycles. The summed E-state index contributed by atoms with van der Waals surface area (Å²) < 4.78 is 0. The fourth-order valence-electron chi connectivity index (χ4n) is 2.51. The SMILES string of the molecule is NCc1cncc(N2CCN(c3cccc(Cl)c3)CC2)n1. The van der Waals surface area contributed by atoms with Crippen molar-refractivity contribution in [2.75, 3.05) is 36.0 Å². The molecule has 2 aromatic rings. The summed E-state index contributed by atoms with van der Waals surface area (Å²) in [6.45, 7) is 4.12. The Morgan fingerprint density at radius 1 is 1.10 bits per heavy atom. The molecule has 1 aromatic heterocycles. The molecule has 0 spiro atoms. The molecule has 0 radical (unpaired) electrons. The van der Waals surface area contributed by atoms with Crippen molar-refractivity contribution < 1.29 is 0 Å². The van der Waals surface area contributed by atoms with E-state index >= 15 is 0 Å². The summed E-state index contributed by atoms with van der Waals surface area (Å²) in [5.74, 6) is 0.906. The van der Waals surface area contributed by atoms with E-state index in [-0.39, 0.29) is 0 Å². The van der Waals surface area contributed by atoms with Crippen molar-refractivity contribution in [1.82, 2.24) is 9.97 Å². The van der Waals surface area contributed by atoms with Gasteiger partial charge in [0.1, 0.15) is 5.82 Å². The number of anilines is 2. The molecule has 110 valence electrons. The van der Waals surface area contributed by atoms with Crippen molar-refractivity contribution in [2.24, 2.45) is 5.73 Å². The Morgan fingerprint density at radius 2 is 1.86 bits per heavy atom. The minimum absolute atomic E-state index is 0.420. The second kappa shape index (κ2) is 6.28. The lowest BCUT2D eigenvalue weighted by Crippen LogP contribution is -2.47. The zero-order valence-corrected chi connectivity index (χ0v) is 12.5. The molecular formula is C15H18ClN5. The summed E-state index contributed by atoms with van der Waals surface area (Å²) in [4.78, 5) is 13.3. The highest BCUT2D eigenvalue weighted by molar-refractivity contribution is 6.30. The van der Waals surface area contributed by atoms with Crippen molar-refractivity contribution in [3.63, 3.8) is 0 Å². The zero-order valence-electron chi connectivity index (χ0n) is 11.7. The van der Waals surface area contributed by atoms with Gasteiger partial charge in [-0.05, 0) is 18.2 Å². The number of benzene rings is 1. The summed E-state index contributed by atoms with van der Waals surface area (Å²) in [6.07, 6.45) is 3.51. The first-order valence-corrected chi connectivity index (χ1v) is 7.40. The van der Waals surface area contributed by atoms with Crippen LogP contribution in [0, 0.1) is 0 Å². The highest BCUT2D eigenvalue weighted by atomic mass is 35.5. The summed E-state index contributed by atoms with van der Waals surface area (Å²) in [5.41, 5.74) is 7.61. The highest BCUT2D eigenvalue weighted by Crippen LogP contribution is 2.22. The van der Waals surface area contributed by atoms with Crippen molar-refractivity contribution in [3.8, 4) is 0 Å². The lowest BCUT2D eigenvalue weighted by Gasteiger charge is -2.36. The summed E-state index contributed by atoms with van der Waals surface area (Å²) in [5, 5.41) is 0.774. The lowest BCUT2D eigenvalue weighted by atomic mass is 10.2. The number of hydrogen-bond acceptors (Lipinski definition) is 5. The third-order valence-electron chi connectivity index (χ3n) is 3.66. The molecule has 1 saturated heterocycles. The molecule has 3 rings (SSSR count). The minimum atomic E-state index is 0.420. The molecule has 6 heteroatoms. The van der Waals surface area contributed by atoms with E-state index < -0.39 is 0 Å². The molecule has 0 atom stereocenters. The summed E-state index contributed by atoms with van der Waals surface area (Å²) in [7, 11) is 0. The van der Waals surface area contributed by atoms with Gasteiger partial charge in [-0.15, -0.1) is 0 Å². The molecule has 0 bridgehead atoms. The average Bonchev–Trinajstić information content (AvgIpc) is 2.55. The van der Waals surface area contributed by atoms with Gasteiger partial charge in [-0.3, -0.25) is 4.98 Å². The molecule has 1 fully saturated rings. The molecule has 1 aliphatic rings. The number of hydrogen-bond donors (Lipinski definition) is 1. The Hall–Kier alpha value is -1.85. The van der Waals surface area contributed by atoms with Crippen LogP contribution in [0.5, 0.6) is 0 Å². The fraction of sp³-hybridized carbons (Fsp3) is 0.333. The highest BCUT2D eigenvalue weighted by Gasteiger charge is 2.18. The third kappa shape index (κ3) is 3.25. The number of aromatic nitrogens is 2. The van der Waals surface area contributed by atoms with E-state index in [1.54, 1.807) is 12.4 Å². The molecule has 1 aromatic carbocycles. The monoisotopic (exact) mass is 303 g/mol. The maximum absolute atomic E-state index is 6.05. The molecule has 0 aliphatic carbocycles. The van der Waals surface area contributed by atoms with Gasteiger partial charge in [-0.25, -0.2) is 4.98 Å². The number of nitrogens with two attached hydrogens (primary N) is 1. The van der Waals surface area contributed by atoms with Gasteiger partial charge in [0, 0.05) is 49.6 Å². The van der Waals surface area contributed by atoms with Gasteiger partial charge in [0.15, 0.2) is 0 Å². The van der Waals surface area contributed by atoms with Gasteiger partial charge < -0.3 is 15.5 Å². The van der Waals surface area contributed by atoms with Crippen molar-refractivity contribution in [1.29, 1.82) is 0 Å². The molecule has 2 N–H and O–H groups in total. The van der Waals surface area contributed by atoms with Crippen molar-refractivity contribution in [3.05, 3.63) is 47.4 Å². The first kappa shape index (κ1) is 14.1. The standard InChI is InChI=1S/C15H18ClN5/c16-12-2-1-3-14(8-12)20-4-6-21(7-5-20)15-11-18-10-13(9-17)19-15/h1-3,8,10-11H,4-7,9,17H2. The first-order chi connectivity index (χ1) is 10.3. The summed E-state index contributed by atoms with van der Waals surface area (Å²) in [6, 6.07) is 7.98. The zero-order chi connectivity index (χ0) is 14.7. The minimum Gasteiger partial charge on any atom is -0.368 e. The average molecular weight is 304 g/mol. The van der Waals surface area contributed by atoms with Gasteiger partial charge in [0.25, 0.3) is 0 Å². The molecule has 21 heavy (non-hydrogen) atoms. The van der Waals surface area contributed by atoms with Crippen molar-refractivity contribution in [2.45, 2.75) is 6.54 Å². The van der Waals surface area contributed by atoms with E-state index in [4.69, 9.17) is 17.3 Å². The van der Waals surface area contributed by atoms with Crippen LogP contribution in [0.4, 0.5) is 11.5 Å². The Kier molecular flexibility index (Phi) is 4.22. The van der Waals surface area contributed by atoms with E-state index in [1.807, 2.05) is 18.2 Å². The molecule has 5 nitrogen and oxygen atoms in total. The van der Waals surface area contributed by atoms with Gasteiger partial charge in [0.2, 0.25) is 0 Å². The molecule has 2 heterocycles. The fourth-order valence-corrected chi connectivity index (χ4v) is 2.70. The number of halogens is 1. The Balaban J connectivity index is 1.67. The predicted octanol–water partition coefficient (Wildman–Crippen LogP) is 1.92. The smallest absolute Gasteiger partial charge is 0.147 e. The third-order valence-corrected chi connectivity index (χ3v) is 3.89. The first-order valence-electron chi connectivity index (χ1n) is 7.03. The Morgan fingerprint density at radius 3 is 2.57 bits per heavy atom. The van der Waals surface area contributed by atoms with E-state index in [2.05, 4.69) is 25.8 Å². The van der Waals surface area contributed by atoms with Crippen LogP contribution in [0.2, 0.25) is 5.02 Å². The quantitative estimate of drug-likeness (QED) is 0.939. The number of piperazine rings is 1. The maximum Gasteiger partial charge on any atom is 0.147 e. The Labute approximate surface area is 129 Å². The molecular weight excluding hydrogens is 286 g/mol. The second-order valence-corrected chi connectivity index (χ2v) is 5.46. The molecule has 0 unspecified atom stereocenters. The summed E-state index contributed by atoms with van der Waals surface area (Å²) >= 11 is 6.05. The molecule has 0 saturated carbocycles. The van der Waals surface area contributed by atoms with Crippen molar-refractivity contribution >= 4 is 23.1 Å². The lowest BCUT2D eigenvalue weighted by molar-refractivity contribution is 0.644. The van der Waals surface area contributed by atoms with Crippen LogP contribution < -0.4 is 15.5 Å². The number of nitrogens with zero attached hydrogens (tertiary/aromatic N) is 4. The van der Waals surface area contributed by atoms with E-state index in [9.17, 15) is 0 Å². The van der Waals surface area contributed by atoms with Gasteiger partial charge in [-0.1, -0.05) is 17.7 Å². The van der Waals surface area contributed by atoms with E-state index in [0.29, 0.717) is 6.54 Å². The Bertz CT molecular complexity index is 611. The van der Waals surface area contributed by atoms with Crippen LogP contribution in [0.25, 0.3) is 0 Å². The van der Waals surface area contributed by atoms with E-state index in [0.717, 1.165) is 42.7 Å². The van der Waals surface area contributed by atoms with Crippen LogP contribution in [0.1, 0.15) is 5.69 Å². The van der Waals surface area contributed by atoms with Crippen LogP contribution in [-0.4, -0.2) is 36.1 Å². The van der Waals surface area contributed by atoms with E-state index in [1.165, 1.54) is 5.69 Å². The molecule has 0 amide bonds. The predicted molar refractivity (Wildman–Crippen MR) is 85.8 cm³/mol. The van der Waals surface area contributed by atoms with Gasteiger partial charge in [-0.2, -0.15) is 0 Å². The van der Waals surface area contributed by atoms with Crippen LogP contribution >= 0.6 is 11.6 Å². The second-order valence-electron chi connectivity index (χ2n) is 5.03. The normalized spacial score (nSPS) is 15.3. The van der Waals surface area contributed by atoms with Crippen LogP contribution in [0.3, 0.4) is 0 Å². The van der Waals surface area contributed by atoms with Crippen LogP contribution in [0.15, 0.2) is 36.7 Å². The largest absolute Gasteiger partial charge is 0.368 e. The van der Waals surface area contributed by atoms with Gasteiger partial charge in [0.05, 0.1) is 11.9 Å². The van der Waals surface area contributed by atoms with Gasteiger partial charge >= 0.3 is 0 Å². The number of rotatable bonds is 3. The topological polar surface area (TPSA) is 58.3 Å². The van der Waals surface area contributed by atoms with Crippen LogP contribution in [-0.2, 0) is 6.54 Å².